The Morgan fingerprint density at radius 2 is 2.24 bits per heavy atom. The van der Waals surface area contributed by atoms with Crippen molar-refractivity contribution in [3.63, 3.8) is 0 Å². The highest BCUT2D eigenvalue weighted by molar-refractivity contribution is 6.58. The second-order valence-electron chi connectivity index (χ2n) is 4.02. The molecule has 0 saturated carbocycles. The molecule has 1 aromatic rings. The quantitative estimate of drug-likeness (QED) is 0.733. The molecule has 1 atom stereocenters. The minimum Gasteiger partial charge on any atom is -0.485 e. The van der Waals surface area contributed by atoms with Crippen molar-refractivity contribution in [1.82, 2.24) is 0 Å². The van der Waals surface area contributed by atoms with Crippen molar-refractivity contribution in [2.75, 3.05) is 13.2 Å². The number of ether oxygens (including phenoxy) is 2. The SMILES string of the molecule is OB(O)c1ccc(F)c(OC2CCCOC2)c1. The van der Waals surface area contributed by atoms with Gasteiger partial charge in [0, 0.05) is 6.61 Å². The number of benzene rings is 1. The topological polar surface area (TPSA) is 58.9 Å². The molecular formula is C11H14BFO4. The molecule has 17 heavy (non-hydrogen) atoms. The first-order valence-electron chi connectivity index (χ1n) is 5.57. The standard InChI is InChI=1S/C11H14BFO4/c13-10-4-3-8(12(14)15)6-11(10)17-9-2-1-5-16-7-9/h3-4,6,9,14-15H,1-2,5,7H2. The Hall–Kier alpha value is -1.11. The molecule has 1 saturated heterocycles. The van der Waals surface area contributed by atoms with Crippen molar-refractivity contribution in [2.24, 2.45) is 0 Å². The van der Waals surface area contributed by atoms with Crippen molar-refractivity contribution in [1.29, 1.82) is 0 Å². The maximum absolute atomic E-state index is 13.5. The van der Waals surface area contributed by atoms with Gasteiger partial charge < -0.3 is 19.5 Å². The maximum atomic E-state index is 13.5. The second-order valence-corrected chi connectivity index (χ2v) is 4.02. The number of rotatable bonds is 3. The van der Waals surface area contributed by atoms with Gasteiger partial charge in [0.05, 0.1) is 6.61 Å². The summed E-state index contributed by atoms with van der Waals surface area (Å²) in [5, 5.41) is 18.0. The molecule has 1 aromatic carbocycles. The normalized spacial score (nSPS) is 20.1. The summed E-state index contributed by atoms with van der Waals surface area (Å²) in [6.45, 7) is 1.14. The van der Waals surface area contributed by atoms with E-state index in [-0.39, 0.29) is 17.3 Å². The molecule has 0 bridgehead atoms. The van der Waals surface area contributed by atoms with E-state index in [2.05, 4.69) is 0 Å². The van der Waals surface area contributed by atoms with Gasteiger partial charge in [0.1, 0.15) is 6.10 Å². The summed E-state index contributed by atoms with van der Waals surface area (Å²) in [5.41, 5.74) is 0.207. The van der Waals surface area contributed by atoms with Crippen LogP contribution >= 0.6 is 0 Å². The van der Waals surface area contributed by atoms with Gasteiger partial charge in [-0.2, -0.15) is 0 Å². The minimum absolute atomic E-state index is 0.0334. The number of hydrogen-bond acceptors (Lipinski definition) is 4. The maximum Gasteiger partial charge on any atom is 0.488 e. The van der Waals surface area contributed by atoms with Crippen LogP contribution in [-0.2, 0) is 4.74 Å². The predicted molar refractivity (Wildman–Crippen MR) is 60.7 cm³/mol. The van der Waals surface area contributed by atoms with Crippen LogP contribution in [0.2, 0.25) is 0 Å². The van der Waals surface area contributed by atoms with Gasteiger partial charge in [-0.05, 0) is 30.4 Å². The van der Waals surface area contributed by atoms with Crippen LogP contribution in [0, 0.1) is 5.82 Å². The average Bonchev–Trinajstić information content (AvgIpc) is 2.33. The Balaban J connectivity index is 2.10. The van der Waals surface area contributed by atoms with Crippen molar-refractivity contribution >= 4 is 12.6 Å². The zero-order chi connectivity index (χ0) is 12.3. The van der Waals surface area contributed by atoms with Gasteiger partial charge in [0.2, 0.25) is 0 Å². The summed E-state index contributed by atoms with van der Waals surface area (Å²) in [7, 11) is -1.62. The molecule has 1 fully saturated rings. The van der Waals surface area contributed by atoms with Crippen LogP contribution in [0.15, 0.2) is 18.2 Å². The molecule has 6 heteroatoms. The van der Waals surface area contributed by atoms with E-state index in [4.69, 9.17) is 19.5 Å². The Morgan fingerprint density at radius 3 is 2.88 bits per heavy atom. The van der Waals surface area contributed by atoms with E-state index < -0.39 is 12.9 Å². The fraction of sp³-hybridized carbons (Fsp3) is 0.455. The molecule has 0 amide bonds. The molecule has 0 radical (unpaired) electrons. The van der Waals surface area contributed by atoms with Gasteiger partial charge in [-0.15, -0.1) is 0 Å². The van der Waals surface area contributed by atoms with Gasteiger partial charge in [-0.25, -0.2) is 4.39 Å². The van der Waals surface area contributed by atoms with E-state index in [0.717, 1.165) is 18.9 Å². The lowest BCUT2D eigenvalue weighted by molar-refractivity contribution is 0.00591. The van der Waals surface area contributed by atoms with Gasteiger partial charge in [0.15, 0.2) is 11.6 Å². The molecule has 92 valence electrons. The lowest BCUT2D eigenvalue weighted by atomic mass is 9.80. The van der Waals surface area contributed by atoms with E-state index in [1.807, 2.05) is 0 Å². The summed E-state index contributed by atoms with van der Waals surface area (Å²) in [5.74, 6) is -0.480. The van der Waals surface area contributed by atoms with Crippen LogP contribution in [0.4, 0.5) is 4.39 Å². The van der Waals surface area contributed by atoms with Crippen molar-refractivity contribution in [2.45, 2.75) is 18.9 Å². The smallest absolute Gasteiger partial charge is 0.485 e. The Bertz CT molecular complexity index is 380. The van der Waals surface area contributed by atoms with Crippen molar-refractivity contribution in [3.05, 3.63) is 24.0 Å². The minimum atomic E-state index is -1.62. The zero-order valence-corrected chi connectivity index (χ0v) is 9.30. The van der Waals surface area contributed by atoms with E-state index in [1.54, 1.807) is 0 Å². The van der Waals surface area contributed by atoms with Crippen molar-refractivity contribution in [3.8, 4) is 5.75 Å². The molecule has 0 aromatic heterocycles. The van der Waals surface area contributed by atoms with Crippen LogP contribution in [0.1, 0.15) is 12.8 Å². The summed E-state index contributed by atoms with van der Waals surface area (Å²) in [4.78, 5) is 0. The first-order valence-corrected chi connectivity index (χ1v) is 5.57. The third kappa shape index (κ3) is 3.18. The highest BCUT2D eigenvalue weighted by Crippen LogP contribution is 2.19. The molecule has 4 nitrogen and oxygen atoms in total. The van der Waals surface area contributed by atoms with Crippen LogP contribution in [0.3, 0.4) is 0 Å². The molecule has 0 spiro atoms. The summed E-state index contributed by atoms with van der Waals surface area (Å²) in [6.07, 6.45) is 1.52. The molecule has 1 heterocycles. The summed E-state index contributed by atoms with van der Waals surface area (Å²) in [6, 6.07) is 3.77. The molecule has 1 unspecified atom stereocenters. The Labute approximate surface area is 99.1 Å². The number of halogens is 1. The lowest BCUT2D eigenvalue weighted by Crippen LogP contribution is -2.32. The van der Waals surface area contributed by atoms with Gasteiger partial charge in [-0.3, -0.25) is 0 Å². The first-order chi connectivity index (χ1) is 8.16. The van der Waals surface area contributed by atoms with E-state index in [0.29, 0.717) is 13.2 Å². The zero-order valence-electron chi connectivity index (χ0n) is 9.30. The van der Waals surface area contributed by atoms with Gasteiger partial charge >= 0.3 is 7.12 Å². The fourth-order valence-corrected chi connectivity index (χ4v) is 1.75. The van der Waals surface area contributed by atoms with Crippen LogP contribution in [0.25, 0.3) is 0 Å². The van der Waals surface area contributed by atoms with E-state index in [1.165, 1.54) is 12.1 Å². The van der Waals surface area contributed by atoms with Gasteiger partial charge in [0.25, 0.3) is 0 Å². The predicted octanol–water partition coefficient (Wildman–Crippen LogP) is 0.0633. The third-order valence-electron chi connectivity index (χ3n) is 2.67. The second kappa shape index (κ2) is 5.49. The molecule has 1 aliphatic heterocycles. The van der Waals surface area contributed by atoms with Crippen molar-refractivity contribution < 1.29 is 23.9 Å². The first kappa shape index (κ1) is 12.4. The Kier molecular flexibility index (Phi) is 3.99. The summed E-state index contributed by atoms with van der Waals surface area (Å²) < 4.78 is 24.1. The Morgan fingerprint density at radius 1 is 1.41 bits per heavy atom. The molecule has 2 rings (SSSR count). The molecular weight excluding hydrogens is 226 g/mol. The van der Waals surface area contributed by atoms with Crippen LogP contribution in [0.5, 0.6) is 5.75 Å². The molecule has 1 aliphatic rings. The largest absolute Gasteiger partial charge is 0.488 e. The van der Waals surface area contributed by atoms with Crippen LogP contribution < -0.4 is 10.2 Å². The highest BCUT2D eigenvalue weighted by Gasteiger charge is 2.19. The molecule has 2 N–H and O–H groups in total. The van der Waals surface area contributed by atoms with E-state index in [9.17, 15) is 4.39 Å². The number of hydrogen-bond donors (Lipinski definition) is 2. The highest BCUT2D eigenvalue weighted by atomic mass is 19.1. The average molecular weight is 240 g/mol. The van der Waals surface area contributed by atoms with Crippen LogP contribution in [-0.4, -0.2) is 36.5 Å². The monoisotopic (exact) mass is 240 g/mol. The van der Waals surface area contributed by atoms with Gasteiger partial charge in [-0.1, -0.05) is 6.07 Å². The van der Waals surface area contributed by atoms with E-state index >= 15 is 0 Å². The molecule has 0 aliphatic carbocycles. The fourth-order valence-electron chi connectivity index (χ4n) is 1.75. The lowest BCUT2D eigenvalue weighted by Gasteiger charge is -2.23. The third-order valence-corrected chi connectivity index (χ3v) is 2.67. The summed E-state index contributed by atoms with van der Waals surface area (Å²) >= 11 is 0.